The molecule has 3 atom stereocenters. The van der Waals surface area contributed by atoms with Gasteiger partial charge in [0, 0.05) is 0 Å². The normalized spacial score (nSPS) is 40.2. The highest BCUT2D eigenvalue weighted by atomic mass is 16.3. The molecule has 0 amide bonds. The Morgan fingerprint density at radius 2 is 1.93 bits per heavy atom. The van der Waals surface area contributed by atoms with Crippen molar-refractivity contribution in [3.63, 3.8) is 0 Å². The standard InChI is InChI=1S/C12H21NO/c1-4-11(8-13)12(14)6-9(2)5-10(3)7-12/h9-11,14H,4-7H2,1-3H3. The largest absolute Gasteiger partial charge is 0.389 e. The zero-order chi connectivity index (χ0) is 10.8. The summed E-state index contributed by atoms with van der Waals surface area (Å²) in [6.45, 7) is 6.32. The number of aliphatic hydroxyl groups is 1. The lowest BCUT2D eigenvalue weighted by atomic mass is 9.68. The van der Waals surface area contributed by atoms with E-state index in [1.807, 2.05) is 6.92 Å². The predicted octanol–water partition coefficient (Wildman–Crippen LogP) is 2.72. The lowest BCUT2D eigenvalue weighted by Crippen LogP contribution is -2.43. The summed E-state index contributed by atoms with van der Waals surface area (Å²) in [4.78, 5) is 0. The number of hydrogen-bond donors (Lipinski definition) is 1. The van der Waals surface area contributed by atoms with E-state index >= 15 is 0 Å². The van der Waals surface area contributed by atoms with Crippen LogP contribution in [0, 0.1) is 29.1 Å². The summed E-state index contributed by atoms with van der Waals surface area (Å²) in [5.74, 6) is 0.907. The van der Waals surface area contributed by atoms with Crippen LogP contribution in [0.1, 0.15) is 46.5 Å². The summed E-state index contributed by atoms with van der Waals surface area (Å²) in [5.41, 5.74) is -0.722. The van der Waals surface area contributed by atoms with Gasteiger partial charge in [-0.3, -0.25) is 0 Å². The Kier molecular flexibility index (Phi) is 3.55. The molecule has 0 bridgehead atoms. The van der Waals surface area contributed by atoms with Crippen LogP contribution < -0.4 is 0 Å². The highest BCUT2D eigenvalue weighted by Crippen LogP contribution is 2.41. The summed E-state index contributed by atoms with van der Waals surface area (Å²) >= 11 is 0. The molecular formula is C12H21NO. The third kappa shape index (κ3) is 2.27. The van der Waals surface area contributed by atoms with Crippen LogP contribution in [0.5, 0.6) is 0 Å². The van der Waals surface area contributed by atoms with Crippen molar-refractivity contribution < 1.29 is 5.11 Å². The molecule has 2 heteroatoms. The molecule has 0 aromatic rings. The van der Waals surface area contributed by atoms with Crippen molar-refractivity contribution in [1.82, 2.24) is 0 Å². The van der Waals surface area contributed by atoms with Gasteiger partial charge in [0.1, 0.15) is 0 Å². The van der Waals surface area contributed by atoms with Crippen molar-refractivity contribution in [2.45, 2.75) is 52.1 Å². The van der Waals surface area contributed by atoms with Gasteiger partial charge >= 0.3 is 0 Å². The SMILES string of the molecule is CCC(C#N)C1(O)CC(C)CC(C)C1. The van der Waals surface area contributed by atoms with Gasteiger partial charge in [0.25, 0.3) is 0 Å². The maximum absolute atomic E-state index is 10.4. The van der Waals surface area contributed by atoms with Crippen LogP contribution in [-0.2, 0) is 0 Å². The van der Waals surface area contributed by atoms with Crippen LogP contribution in [-0.4, -0.2) is 10.7 Å². The van der Waals surface area contributed by atoms with E-state index in [1.54, 1.807) is 0 Å². The molecule has 0 saturated heterocycles. The molecule has 0 aromatic heterocycles. The lowest BCUT2D eigenvalue weighted by Gasteiger charge is -2.41. The molecule has 0 heterocycles. The van der Waals surface area contributed by atoms with Gasteiger partial charge in [-0.2, -0.15) is 5.26 Å². The first-order valence-electron chi connectivity index (χ1n) is 5.63. The van der Waals surface area contributed by atoms with Crippen molar-refractivity contribution in [2.24, 2.45) is 17.8 Å². The first kappa shape index (κ1) is 11.5. The highest BCUT2D eigenvalue weighted by molar-refractivity contribution is 5.01. The summed E-state index contributed by atoms with van der Waals surface area (Å²) < 4.78 is 0. The number of nitrogens with zero attached hydrogens (tertiary/aromatic N) is 1. The fourth-order valence-electron chi connectivity index (χ4n) is 3.02. The molecule has 0 aliphatic heterocycles. The number of rotatable bonds is 2. The maximum Gasteiger partial charge on any atom is 0.0810 e. The van der Waals surface area contributed by atoms with Gasteiger partial charge in [-0.1, -0.05) is 20.8 Å². The third-order valence-corrected chi connectivity index (χ3v) is 3.42. The van der Waals surface area contributed by atoms with Crippen LogP contribution in [0.2, 0.25) is 0 Å². The summed E-state index contributed by atoms with van der Waals surface area (Å²) in [6, 6.07) is 2.25. The quantitative estimate of drug-likeness (QED) is 0.736. The van der Waals surface area contributed by atoms with E-state index in [0.717, 1.165) is 19.3 Å². The topological polar surface area (TPSA) is 44.0 Å². The van der Waals surface area contributed by atoms with Gasteiger partial charge in [0.15, 0.2) is 0 Å². The smallest absolute Gasteiger partial charge is 0.0810 e. The molecule has 1 fully saturated rings. The van der Waals surface area contributed by atoms with Crippen molar-refractivity contribution in [2.75, 3.05) is 0 Å². The van der Waals surface area contributed by atoms with Crippen molar-refractivity contribution in [3.8, 4) is 6.07 Å². The summed E-state index contributed by atoms with van der Waals surface area (Å²) in [5, 5.41) is 19.5. The van der Waals surface area contributed by atoms with Gasteiger partial charge in [0.2, 0.25) is 0 Å². The molecule has 1 aliphatic carbocycles. The second kappa shape index (κ2) is 4.31. The zero-order valence-electron chi connectivity index (χ0n) is 9.45. The summed E-state index contributed by atoms with van der Waals surface area (Å²) in [6.07, 6.45) is 3.53. The lowest BCUT2D eigenvalue weighted by molar-refractivity contribution is -0.0620. The average molecular weight is 195 g/mol. The molecular weight excluding hydrogens is 174 g/mol. The van der Waals surface area contributed by atoms with Gasteiger partial charge in [-0.05, 0) is 37.5 Å². The summed E-state index contributed by atoms with van der Waals surface area (Å²) in [7, 11) is 0. The van der Waals surface area contributed by atoms with E-state index in [-0.39, 0.29) is 5.92 Å². The molecule has 3 unspecified atom stereocenters. The van der Waals surface area contributed by atoms with E-state index in [1.165, 1.54) is 6.42 Å². The Hall–Kier alpha value is -0.550. The van der Waals surface area contributed by atoms with Crippen LogP contribution in [0.25, 0.3) is 0 Å². The number of hydrogen-bond acceptors (Lipinski definition) is 2. The van der Waals surface area contributed by atoms with E-state index in [9.17, 15) is 5.11 Å². The van der Waals surface area contributed by atoms with Crippen LogP contribution >= 0.6 is 0 Å². The van der Waals surface area contributed by atoms with Crippen LogP contribution in [0.4, 0.5) is 0 Å². The molecule has 80 valence electrons. The fourth-order valence-corrected chi connectivity index (χ4v) is 3.02. The Bertz CT molecular complexity index is 221. The highest BCUT2D eigenvalue weighted by Gasteiger charge is 2.41. The van der Waals surface area contributed by atoms with Crippen LogP contribution in [0.3, 0.4) is 0 Å². The molecule has 0 spiro atoms. The molecule has 0 aromatic carbocycles. The minimum atomic E-state index is -0.722. The van der Waals surface area contributed by atoms with Crippen molar-refractivity contribution in [3.05, 3.63) is 0 Å². The molecule has 1 rings (SSSR count). The second-order valence-electron chi connectivity index (χ2n) is 5.05. The molecule has 0 radical (unpaired) electrons. The maximum atomic E-state index is 10.4. The first-order valence-corrected chi connectivity index (χ1v) is 5.63. The Morgan fingerprint density at radius 1 is 1.43 bits per heavy atom. The van der Waals surface area contributed by atoms with Gasteiger partial charge in [0.05, 0.1) is 17.6 Å². The van der Waals surface area contributed by atoms with E-state index in [2.05, 4.69) is 19.9 Å². The minimum Gasteiger partial charge on any atom is -0.389 e. The molecule has 14 heavy (non-hydrogen) atoms. The Labute approximate surface area is 86.9 Å². The van der Waals surface area contributed by atoms with Gasteiger partial charge in [-0.15, -0.1) is 0 Å². The third-order valence-electron chi connectivity index (χ3n) is 3.42. The molecule has 1 N–H and O–H groups in total. The minimum absolute atomic E-state index is 0.187. The molecule has 1 aliphatic rings. The van der Waals surface area contributed by atoms with Gasteiger partial charge in [-0.25, -0.2) is 0 Å². The monoisotopic (exact) mass is 195 g/mol. The van der Waals surface area contributed by atoms with E-state index < -0.39 is 5.60 Å². The Morgan fingerprint density at radius 3 is 2.29 bits per heavy atom. The van der Waals surface area contributed by atoms with E-state index in [4.69, 9.17) is 5.26 Å². The van der Waals surface area contributed by atoms with Crippen molar-refractivity contribution >= 4 is 0 Å². The second-order valence-corrected chi connectivity index (χ2v) is 5.05. The first-order chi connectivity index (χ1) is 6.51. The zero-order valence-corrected chi connectivity index (χ0v) is 9.45. The Balaban J connectivity index is 2.77. The molecule has 1 saturated carbocycles. The van der Waals surface area contributed by atoms with Gasteiger partial charge < -0.3 is 5.11 Å². The van der Waals surface area contributed by atoms with Crippen LogP contribution in [0.15, 0.2) is 0 Å². The average Bonchev–Trinajstić information content (AvgIpc) is 2.02. The van der Waals surface area contributed by atoms with E-state index in [0.29, 0.717) is 11.8 Å². The number of nitriles is 1. The fraction of sp³-hybridized carbons (Fsp3) is 0.917. The predicted molar refractivity (Wildman–Crippen MR) is 56.5 cm³/mol. The van der Waals surface area contributed by atoms with Crippen molar-refractivity contribution in [1.29, 1.82) is 5.26 Å². The molecule has 2 nitrogen and oxygen atoms in total.